The summed E-state index contributed by atoms with van der Waals surface area (Å²) in [7, 11) is 0. The van der Waals surface area contributed by atoms with E-state index in [9.17, 15) is 9.90 Å². The molecule has 33 heavy (non-hydrogen) atoms. The summed E-state index contributed by atoms with van der Waals surface area (Å²) in [6, 6.07) is 0. The smallest absolute Gasteiger partial charge is 0.302 e. The SMILES string of the molecule is CCC(O)(C#CC[C@@H](C)C1=CC=C2/C(=C/C=C3/CCCC(OC(C)=O)C3)CCCC21C)CC. The van der Waals surface area contributed by atoms with Gasteiger partial charge in [0.2, 0.25) is 0 Å². The molecular weight excluding hydrogens is 408 g/mol. The first kappa shape index (κ1) is 25.6. The van der Waals surface area contributed by atoms with Gasteiger partial charge in [0, 0.05) is 25.2 Å². The Morgan fingerprint density at radius 3 is 2.73 bits per heavy atom. The van der Waals surface area contributed by atoms with Crippen LogP contribution in [0.4, 0.5) is 0 Å². The van der Waals surface area contributed by atoms with Gasteiger partial charge in [-0.25, -0.2) is 0 Å². The molecular formula is C30H42O3. The third-order valence-corrected chi connectivity index (χ3v) is 7.93. The summed E-state index contributed by atoms with van der Waals surface area (Å²) in [6.07, 6.45) is 19.0. The van der Waals surface area contributed by atoms with Crippen molar-refractivity contribution in [2.75, 3.05) is 0 Å². The molecule has 3 aliphatic rings. The van der Waals surface area contributed by atoms with Crippen LogP contribution in [0.1, 0.15) is 98.8 Å². The van der Waals surface area contributed by atoms with Crippen molar-refractivity contribution in [2.24, 2.45) is 11.3 Å². The molecule has 2 unspecified atom stereocenters. The molecule has 3 aliphatic carbocycles. The predicted molar refractivity (Wildman–Crippen MR) is 135 cm³/mol. The number of hydrogen-bond donors (Lipinski definition) is 1. The van der Waals surface area contributed by atoms with Gasteiger partial charge in [-0.05, 0) is 68.4 Å². The monoisotopic (exact) mass is 450 g/mol. The van der Waals surface area contributed by atoms with Crippen LogP contribution in [0.3, 0.4) is 0 Å². The lowest BCUT2D eigenvalue weighted by atomic mass is 9.65. The van der Waals surface area contributed by atoms with E-state index < -0.39 is 5.60 Å². The van der Waals surface area contributed by atoms with Crippen molar-refractivity contribution in [1.82, 2.24) is 0 Å². The van der Waals surface area contributed by atoms with E-state index in [0.717, 1.165) is 38.5 Å². The molecule has 0 aromatic carbocycles. The molecule has 0 aromatic heterocycles. The number of carbonyl (C=O) groups is 1. The molecule has 2 saturated carbocycles. The van der Waals surface area contributed by atoms with Gasteiger partial charge >= 0.3 is 5.97 Å². The third kappa shape index (κ3) is 6.10. The van der Waals surface area contributed by atoms with Crippen molar-refractivity contribution < 1.29 is 14.6 Å². The molecule has 2 fully saturated rings. The lowest BCUT2D eigenvalue weighted by molar-refractivity contribution is -0.147. The summed E-state index contributed by atoms with van der Waals surface area (Å²) in [6.45, 7) is 10.2. The van der Waals surface area contributed by atoms with Crippen LogP contribution in [0.25, 0.3) is 0 Å². The van der Waals surface area contributed by atoms with Crippen LogP contribution >= 0.6 is 0 Å². The highest BCUT2D eigenvalue weighted by Gasteiger charge is 2.41. The van der Waals surface area contributed by atoms with Crippen molar-refractivity contribution in [3.8, 4) is 11.8 Å². The Kier molecular flexibility index (Phi) is 8.46. The van der Waals surface area contributed by atoms with E-state index in [1.54, 1.807) is 0 Å². The third-order valence-electron chi connectivity index (χ3n) is 7.93. The summed E-state index contributed by atoms with van der Waals surface area (Å²) >= 11 is 0. The second-order valence-electron chi connectivity index (χ2n) is 10.4. The fourth-order valence-corrected chi connectivity index (χ4v) is 5.75. The summed E-state index contributed by atoms with van der Waals surface area (Å²) in [4.78, 5) is 11.3. The maximum atomic E-state index is 11.3. The highest BCUT2D eigenvalue weighted by molar-refractivity contribution is 5.66. The fraction of sp³-hybridized carbons (Fsp3) is 0.633. The van der Waals surface area contributed by atoms with Gasteiger partial charge in [-0.15, -0.1) is 0 Å². The minimum absolute atomic E-state index is 0.0384. The van der Waals surface area contributed by atoms with E-state index in [0.29, 0.717) is 18.8 Å². The normalized spacial score (nSPS) is 28.5. The summed E-state index contributed by atoms with van der Waals surface area (Å²) in [5.41, 5.74) is 5.02. The lowest BCUT2D eigenvalue weighted by Gasteiger charge is -2.39. The van der Waals surface area contributed by atoms with Gasteiger partial charge in [-0.2, -0.15) is 0 Å². The van der Waals surface area contributed by atoms with Gasteiger partial charge in [-0.3, -0.25) is 4.79 Å². The number of esters is 1. The lowest BCUT2D eigenvalue weighted by Crippen LogP contribution is -2.27. The zero-order valence-corrected chi connectivity index (χ0v) is 21.3. The first-order valence-corrected chi connectivity index (χ1v) is 12.9. The molecule has 0 heterocycles. The van der Waals surface area contributed by atoms with Gasteiger partial charge in [0.1, 0.15) is 11.7 Å². The molecule has 0 aromatic rings. The molecule has 3 atom stereocenters. The van der Waals surface area contributed by atoms with Crippen LogP contribution < -0.4 is 0 Å². The number of ether oxygens (including phenoxy) is 1. The Labute approximate surface area is 201 Å². The van der Waals surface area contributed by atoms with Crippen LogP contribution in [-0.2, 0) is 9.53 Å². The summed E-state index contributed by atoms with van der Waals surface area (Å²) < 4.78 is 5.46. The molecule has 0 spiro atoms. The average Bonchev–Trinajstić information content (AvgIpc) is 3.15. The average molecular weight is 451 g/mol. The van der Waals surface area contributed by atoms with E-state index in [2.05, 4.69) is 50.0 Å². The number of carbonyl (C=O) groups excluding carboxylic acids is 1. The Morgan fingerprint density at radius 2 is 2.03 bits per heavy atom. The van der Waals surface area contributed by atoms with E-state index in [1.807, 2.05) is 13.8 Å². The second-order valence-corrected chi connectivity index (χ2v) is 10.4. The molecule has 0 saturated heterocycles. The van der Waals surface area contributed by atoms with Gasteiger partial charge in [0.15, 0.2) is 0 Å². The Bertz CT molecular complexity index is 916. The van der Waals surface area contributed by atoms with E-state index in [4.69, 9.17) is 4.74 Å². The van der Waals surface area contributed by atoms with Crippen molar-refractivity contribution in [1.29, 1.82) is 0 Å². The van der Waals surface area contributed by atoms with Crippen molar-refractivity contribution in [3.63, 3.8) is 0 Å². The predicted octanol–water partition coefficient (Wildman–Crippen LogP) is 6.98. The number of fused-ring (bicyclic) bond motifs is 1. The van der Waals surface area contributed by atoms with Crippen LogP contribution in [-0.4, -0.2) is 22.8 Å². The molecule has 1 N–H and O–H groups in total. The van der Waals surface area contributed by atoms with Crippen LogP contribution in [0.5, 0.6) is 0 Å². The first-order valence-electron chi connectivity index (χ1n) is 12.9. The Morgan fingerprint density at radius 1 is 1.27 bits per heavy atom. The van der Waals surface area contributed by atoms with Crippen LogP contribution in [0.2, 0.25) is 0 Å². The van der Waals surface area contributed by atoms with Gasteiger partial charge in [-0.1, -0.05) is 75.0 Å². The topological polar surface area (TPSA) is 46.5 Å². The van der Waals surface area contributed by atoms with Crippen LogP contribution in [0.15, 0.2) is 46.6 Å². The molecule has 3 rings (SSSR count). The van der Waals surface area contributed by atoms with Gasteiger partial charge in [0.25, 0.3) is 0 Å². The number of aliphatic hydroxyl groups is 1. The van der Waals surface area contributed by atoms with Gasteiger partial charge in [0.05, 0.1) is 0 Å². The Hall–Kier alpha value is -2.05. The van der Waals surface area contributed by atoms with Gasteiger partial charge < -0.3 is 9.84 Å². The van der Waals surface area contributed by atoms with Crippen molar-refractivity contribution in [3.05, 3.63) is 46.6 Å². The number of allylic oxidation sites excluding steroid dienone is 7. The standard InChI is InChI=1S/C30H42O3/c1-6-30(32,7-2)20-9-11-22(3)27-17-18-28-25(13-10-19-29(27,28)5)16-15-24-12-8-14-26(21-24)33-23(4)31/h15-18,22,26,32H,6-8,10-14,19,21H2,1-5H3/b24-15-,25-16+/t22-,26?,29?/m1/s1. The van der Waals surface area contributed by atoms with Crippen molar-refractivity contribution >= 4 is 5.97 Å². The minimum atomic E-state index is -0.848. The molecule has 0 bridgehead atoms. The zero-order valence-electron chi connectivity index (χ0n) is 21.3. The van der Waals surface area contributed by atoms with Crippen LogP contribution in [0, 0.1) is 23.2 Å². The molecule has 0 amide bonds. The fourth-order valence-electron chi connectivity index (χ4n) is 5.75. The summed E-state index contributed by atoms with van der Waals surface area (Å²) in [5, 5.41) is 10.5. The van der Waals surface area contributed by atoms with Crippen molar-refractivity contribution in [2.45, 2.75) is 111 Å². The quantitative estimate of drug-likeness (QED) is 0.351. The molecule has 0 radical (unpaired) electrons. The largest absolute Gasteiger partial charge is 0.462 e. The highest BCUT2D eigenvalue weighted by atomic mass is 16.5. The minimum Gasteiger partial charge on any atom is -0.462 e. The maximum absolute atomic E-state index is 11.3. The molecule has 3 nitrogen and oxygen atoms in total. The first-order chi connectivity index (χ1) is 15.7. The molecule has 3 heteroatoms. The molecule has 0 aliphatic heterocycles. The number of hydrogen-bond acceptors (Lipinski definition) is 3. The Balaban J connectivity index is 1.70. The van der Waals surface area contributed by atoms with E-state index in [1.165, 1.54) is 42.1 Å². The van der Waals surface area contributed by atoms with E-state index in [-0.39, 0.29) is 17.5 Å². The second kappa shape index (κ2) is 10.9. The zero-order chi connectivity index (χ0) is 24.1. The highest BCUT2D eigenvalue weighted by Crippen LogP contribution is 2.54. The number of rotatable bonds is 6. The molecule has 180 valence electrons. The maximum Gasteiger partial charge on any atom is 0.302 e. The summed E-state index contributed by atoms with van der Waals surface area (Å²) in [5.74, 6) is 6.61. The van der Waals surface area contributed by atoms with E-state index >= 15 is 0 Å².